The minimum atomic E-state index is -1.81. The highest BCUT2D eigenvalue weighted by atomic mass is 28.3. The zero-order valence-corrected chi connectivity index (χ0v) is 24.5. The van der Waals surface area contributed by atoms with Crippen LogP contribution < -0.4 is 10.4 Å². The van der Waals surface area contributed by atoms with Gasteiger partial charge in [0.1, 0.15) is 0 Å². The van der Waals surface area contributed by atoms with Crippen LogP contribution in [0.25, 0.3) is 61.9 Å². The van der Waals surface area contributed by atoms with Crippen LogP contribution in [0.3, 0.4) is 0 Å². The lowest BCUT2D eigenvalue weighted by Crippen LogP contribution is -2.49. The number of rotatable bonds is 4. The second-order valence-electron chi connectivity index (χ2n) is 11.4. The van der Waals surface area contributed by atoms with E-state index < -0.39 is 8.07 Å². The molecule has 0 fully saturated rings. The average molecular weight is 557 g/mol. The molecule has 0 unspecified atom stereocenters. The molecule has 8 rings (SSSR count). The topological polar surface area (TPSA) is 43.6 Å². The molecule has 3 heterocycles. The van der Waals surface area contributed by atoms with Gasteiger partial charge in [0.15, 0.2) is 17.5 Å². The van der Waals surface area contributed by atoms with Crippen molar-refractivity contribution in [3.05, 3.63) is 134 Å². The maximum Gasteiger partial charge on any atom is 0.164 e. The molecule has 0 atom stereocenters. The molecule has 0 saturated carbocycles. The molecular formula is C37H28N4Si-. The summed E-state index contributed by atoms with van der Waals surface area (Å²) in [6.45, 7) is 4.95. The van der Waals surface area contributed by atoms with Crippen LogP contribution in [0.5, 0.6) is 0 Å². The Labute approximate surface area is 246 Å². The fourth-order valence-electron chi connectivity index (χ4n) is 6.47. The zero-order valence-electron chi connectivity index (χ0n) is 23.5. The molecule has 0 N–H and O–H groups in total. The zero-order chi connectivity index (χ0) is 28.3. The normalized spacial score (nSPS) is 13.2. The molecule has 2 aromatic heterocycles. The van der Waals surface area contributed by atoms with Gasteiger partial charge < -0.3 is 4.57 Å². The van der Waals surface area contributed by atoms with E-state index in [4.69, 9.17) is 15.0 Å². The standard InChI is InChI=1S/C37H28N4Si/c1-42(2)33-19-10-9-18-29(33)30-20-21-32-31(34(30)42)22-23-41(32)28-17-11-16-27(24-28)37-39-35(25-12-5-3-6-13-25)38-36(40-37)26-14-7-4-8-15-26/h3-24H,1-2H3/q-1. The summed E-state index contributed by atoms with van der Waals surface area (Å²) in [6.07, 6.45) is 2.20. The van der Waals surface area contributed by atoms with Crippen molar-refractivity contribution in [2.24, 2.45) is 0 Å². The number of aromatic nitrogens is 4. The number of hydrogen-bond acceptors (Lipinski definition) is 3. The Morgan fingerprint density at radius 3 is 1.81 bits per heavy atom. The van der Waals surface area contributed by atoms with Gasteiger partial charge in [0.2, 0.25) is 0 Å². The van der Waals surface area contributed by atoms with Gasteiger partial charge in [-0.3, -0.25) is 0 Å². The lowest BCUT2D eigenvalue weighted by molar-refractivity contribution is 1.07. The molecular weight excluding hydrogens is 529 g/mol. The van der Waals surface area contributed by atoms with Crippen LogP contribution in [0.2, 0.25) is 13.1 Å². The molecule has 0 bridgehead atoms. The third kappa shape index (κ3) is 3.85. The molecule has 1 aliphatic heterocycles. The van der Waals surface area contributed by atoms with Crippen LogP contribution in [-0.4, -0.2) is 27.6 Å². The summed E-state index contributed by atoms with van der Waals surface area (Å²) in [5, 5.41) is 4.41. The second kappa shape index (κ2) is 9.47. The van der Waals surface area contributed by atoms with Crippen LogP contribution in [0, 0.1) is 0 Å². The van der Waals surface area contributed by atoms with Crippen LogP contribution in [0.4, 0.5) is 0 Å². The molecule has 0 radical (unpaired) electrons. The Kier molecular flexibility index (Phi) is 5.56. The highest BCUT2D eigenvalue weighted by Gasteiger charge is 2.28. The first-order chi connectivity index (χ1) is 20.6. The average Bonchev–Trinajstić information content (AvgIpc) is 3.58. The van der Waals surface area contributed by atoms with Crippen molar-refractivity contribution in [2.75, 3.05) is 0 Å². The lowest BCUT2D eigenvalue weighted by Gasteiger charge is -2.32. The Hall–Kier alpha value is -5.13. The molecule has 0 saturated heterocycles. The van der Waals surface area contributed by atoms with Gasteiger partial charge in [0, 0.05) is 28.6 Å². The van der Waals surface area contributed by atoms with Gasteiger partial charge in [-0.25, -0.2) is 15.0 Å². The van der Waals surface area contributed by atoms with E-state index in [1.807, 2.05) is 60.7 Å². The van der Waals surface area contributed by atoms with Gasteiger partial charge in [-0.1, -0.05) is 122 Å². The maximum atomic E-state index is 4.95. The Morgan fingerprint density at radius 1 is 0.524 bits per heavy atom. The molecule has 0 amide bonds. The summed E-state index contributed by atoms with van der Waals surface area (Å²) in [7, 11) is -1.81. The van der Waals surface area contributed by atoms with E-state index in [9.17, 15) is 0 Å². The molecule has 0 aliphatic carbocycles. The van der Waals surface area contributed by atoms with Crippen LogP contribution in [-0.2, 0) is 0 Å². The fourth-order valence-corrected chi connectivity index (χ4v) is 9.92. The maximum absolute atomic E-state index is 4.95. The van der Waals surface area contributed by atoms with E-state index in [2.05, 4.69) is 90.6 Å². The predicted octanol–water partition coefficient (Wildman–Crippen LogP) is 7.62. The third-order valence-electron chi connectivity index (χ3n) is 8.47. The van der Waals surface area contributed by atoms with Gasteiger partial charge in [-0.05, 0) is 29.7 Å². The van der Waals surface area contributed by atoms with Gasteiger partial charge in [-0.2, -0.15) is 23.5 Å². The summed E-state index contributed by atoms with van der Waals surface area (Å²) >= 11 is 0. The summed E-state index contributed by atoms with van der Waals surface area (Å²) in [4.78, 5) is 14.7. The number of nitrogens with zero attached hydrogens (tertiary/aromatic N) is 4. The van der Waals surface area contributed by atoms with Crippen LogP contribution in [0.15, 0.2) is 134 Å². The van der Waals surface area contributed by atoms with Gasteiger partial charge in [0.25, 0.3) is 0 Å². The number of fused-ring (bicyclic) bond motifs is 5. The van der Waals surface area contributed by atoms with Crippen molar-refractivity contribution < 1.29 is 0 Å². The fraction of sp³-hybridized carbons (Fsp3) is 0.0541. The molecule has 4 nitrogen and oxygen atoms in total. The monoisotopic (exact) mass is 556 g/mol. The van der Waals surface area contributed by atoms with Gasteiger partial charge in [0.05, 0.1) is 5.52 Å². The van der Waals surface area contributed by atoms with Crippen molar-refractivity contribution in [3.63, 3.8) is 0 Å². The minimum Gasteiger partial charge on any atom is -0.317 e. The van der Waals surface area contributed by atoms with E-state index in [-0.39, 0.29) is 0 Å². The quantitative estimate of drug-likeness (QED) is 0.210. The van der Waals surface area contributed by atoms with Crippen molar-refractivity contribution in [1.82, 2.24) is 19.5 Å². The number of benzene rings is 5. The van der Waals surface area contributed by atoms with E-state index in [1.165, 1.54) is 32.4 Å². The molecule has 5 aromatic carbocycles. The summed E-state index contributed by atoms with van der Waals surface area (Å²) in [6, 6.07) is 44.6. The Bertz CT molecular complexity index is 2060. The smallest absolute Gasteiger partial charge is 0.164 e. The highest BCUT2D eigenvalue weighted by Crippen LogP contribution is 2.34. The molecule has 5 heteroatoms. The summed E-state index contributed by atoms with van der Waals surface area (Å²) in [5.74, 6) is 1.99. The minimum absolute atomic E-state index is 0.658. The van der Waals surface area contributed by atoms with Crippen molar-refractivity contribution >= 4 is 29.4 Å². The van der Waals surface area contributed by atoms with E-state index >= 15 is 0 Å². The number of hydrogen-bond donors (Lipinski definition) is 0. The second-order valence-corrected chi connectivity index (χ2v) is 15.7. The molecule has 201 valence electrons. The first-order valence-electron chi connectivity index (χ1n) is 14.3. The molecule has 0 spiro atoms. The SMILES string of the molecule is C[Si-]1(C)c2ccccc2-c2ccc3c(ccn3-c3cccc(-c4nc(-c5ccccc5)nc(-c5ccccc5)n4)c3)c21. The van der Waals surface area contributed by atoms with Crippen LogP contribution >= 0.6 is 0 Å². The predicted molar refractivity (Wildman–Crippen MR) is 175 cm³/mol. The Balaban J connectivity index is 1.26. The lowest BCUT2D eigenvalue weighted by atomic mass is 10.0. The van der Waals surface area contributed by atoms with Crippen LogP contribution in [0.1, 0.15) is 0 Å². The third-order valence-corrected chi connectivity index (χ3v) is 12.0. The van der Waals surface area contributed by atoms with Gasteiger partial charge >= 0.3 is 0 Å². The van der Waals surface area contributed by atoms with E-state index in [1.54, 1.807) is 0 Å². The summed E-state index contributed by atoms with van der Waals surface area (Å²) < 4.78 is 2.30. The van der Waals surface area contributed by atoms with E-state index in [0.29, 0.717) is 17.5 Å². The largest absolute Gasteiger partial charge is 0.317 e. The van der Waals surface area contributed by atoms with Crippen molar-refractivity contribution in [1.29, 1.82) is 0 Å². The highest BCUT2D eigenvalue weighted by molar-refractivity contribution is 7.05. The van der Waals surface area contributed by atoms with E-state index in [0.717, 1.165) is 22.4 Å². The first kappa shape index (κ1) is 24.6. The van der Waals surface area contributed by atoms with Crippen molar-refractivity contribution in [2.45, 2.75) is 13.1 Å². The Morgan fingerprint density at radius 2 is 1.12 bits per heavy atom. The van der Waals surface area contributed by atoms with Gasteiger partial charge in [-0.15, -0.1) is 0 Å². The molecule has 7 aromatic rings. The first-order valence-corrected chi connectivity index (χ1v) is 17.3. The molecule has 1 aliphatic rings. The molecule has 42 heavy (non-hydrogen) atoms. The van der Waals surface area contributed by atoms with Crippen molar-refractivity contribution in [3.8, 4) is 51.0 Å². The summed E-state index contributed by atoms with van der Waals surface area (Å²) in [5.41, 5.74) is 7.99.